The van der Waals surface area contributed by atoms with Crippen LogP contribution in [-0.2, 0) is 5.75 Å². The molecule has 0 aliphatic rings. The summed E-state index contributed by atoms with van der Waals surface area (Å²) in [6.45, 7) is 0. The zero-order valence-electron chi connectivity index (χ0n) is 12.7. The first-order valence-electron chi connectivity index (χ1n) is 7.67. The molecule has 0 atom stereocenters. The van der Waals surface area contributed by atoms with Crippen molar-refractivity contribution in [2.45, 2.75) is 10.9 Å². The highest BCUT2D eigenvalue weighted by Crippen LogP contribution is 2.27. The Morgan fingerprint density at radius 3 is 2.92 bits per heavy atom. The maximum atomic E-state index is 4.56. The zero-order valence-corrected chi connectivity index (χ0v) is 13.5. The van der Waals surface area contributed by atoms with Crippen molar-refractivity contribution < 1.29 is 0 Å². The monoisotopic (exact) mass is 331 g/mol. The summed E-state index contributed by atoms with van der Waals surface area (Å²) < 4.78 is 2.07. The molecule has 3 aromatic heterocycles. The van der Waals surface area contributed by atoms with Crippen molar-refractivity contribution in [2.24, 2.45) is 0 Å². The van der Waals surface area contributed by atoms with E-state index in [2.05, 4.69) is 54.9 Å². The number of hydrogen-bond acceptors (Lipinski definition) is 4. The summed E-state index contributed by atoms with van der Waals surface area (Å²) in [5, 5.41) is 9.51. The van der Waals surface area contributed by atoms with Gasteiger partial charge in [0.15, 0.2) is 5.16 Å². The van der Waals surface area contributed by atoms with Gasteiger partial charge in [-0.15, -0.1) is 5.10 Å². The van der Waals surface area contributed by atoms with Crippen LogP contribution in [0.4, 0.5) is 0 Å². The predicted molar refractivity (Wildman–Crippen MR) is 96.1 cm³/mol. The third-order valence-electron chi connectivity index (χ3n) is 4.08. The van der Waals surface area contributed by atoms with Crippen LogP contribution in [0.15, 0.2) is 66.0 Å². The van der Waals surface area contributed by atoms with Gasteiger partial charge in [0.2, 0.25) is 5.78 Å². The molecule has 0 unspecified atom stereocenters. The fourth-order valence-electron chi connectivity index (χ4n) is 2.97. The molecule has 0 aliphatic heterocycles. The van der Waals surface area contributed by atoms with E-state index >= 15 is 0 Å². The van der Waals surface area contributed by atoms with Gasteiger partial charge in [-0.05, 0) is 23.8 Å². The van der Waals surface area contributed by atoms with E-state index in [4.69, 9.17) is 0 Å². The Labute approximate surface area is 141 Å². The SMILES string of the molecule is c1cnc2c(CSc3n[nH]c4nc5ccccc5n34)cccc2c1. The largest absolute Gasteiger partial charge is 0.256 e. The van der Waals surface area contributed by atoms with Gasteiger partial charge in [0, 0.05) is 17.3 Å². The second-order valence-corrected chi connectivity index (χ2v) is 6.49. The Morgan fingerprint density at radius 1 is 1.00 bits per heavy atom. The van der Waals surface area contributed by atoms with Crippen molar-refractivity contribution in [2.75, 3.05) is 0 Å². The van der Waals surface area contributed by atoms with Crippen molar-refractivity contribution in [3.8, 4) is 0 Å². The molecule has 0 bridgehead atoms. The van der Waals surface area contributed by atoms with Crippen molar-refractivity contribution in [3.05, 3.63) is 66.4 Å². The summed E-state index contributed by atoms with van der Waals surface area (Å²) in [6, 6.07) is 18.4. The number of fused-ring (bicyclic) bond motifs is 4. The van der Waals surface area contributed by atoms with Crippen LogP contribution < -0.4 is 0 Å². The molecule has 116 valence electrons. The molecule has 0 saturated heterocycles. The van der Waals surface area contributed by atoms with Gasteiger partial charge in [-0.2, -0.15) is 0 Å². The first kappa shape index (κ1) is 13.6. The molecule has 24 heavy (non-hydrogen) atoms. The lowest BCUT2D eigenvalue weighted by molar-refractivity contribution is 0.940. The number of nitrogens with one attached hydrogen (secondary N) is 1. The van der Waals surface area contributed by atoms with Gasteiger partial charge < -0.3 is 0 Å². The third kappa shape index (κ3) is 2.07. The van der Waals surface area contributed by atoms with E-state index in [0.717, 1.165) is 38.6 Å². The van der Waals surface area contributed by atoms with Gasteiger partial charge in [0.05, 0.1) is 16.6 Å². The highest BCUT2D eigenvalue weighted by molar-refractivity contribution is 7.98. The molecular weight excluding hydrogens is 318 g/mol. The Kier molecular flexibility index (Phi) is 3.02. The van der Waals surface area contributed by atoms with Crippen molar-refractivity contribution in [1.29, 1.82) is 0 Å². The van der Waals surface area contributed by atoms with Crippen LogP contribution in [0, 0.1) is 0 Å². The minimum atomic E-state index is 0.773. The van der Waals surface area contributed by atoms with E-state index in [-0.39, 0.29) is 0 Å². The first-order chi connectivity index (χ1) is 11.9. The summed E-state index contributed by atoms with van der Waals surface area (Å²) in [7, 11) is 0. The van der Waals surface area contributed by atoms with Crippen LogP contribution in [-0.4, -0.2) is 24.6 Å². The number of imidazole rings is 1. The lowest BCUT2D eigenvalue weighted by atomic mass is 10.1. The van der Waals surface area contributed by atoms with Crippen molar-refractivity contribution in [1.82, 2.24) is 24.6 Å². The Morgan fingerprint density at radius 2 is 1.92 bits per heavy atom. The summed E-state index contributed by atoms with van der Waals surface area (Å²) in [5.74, 6) is 1.58. The molecule has 0 radical (unpaired) electrons. The van der Waals surface area contributed by atoms with E-state index in [9.17, 15) is 0 Å². The molecule has 0 fully saturated rings. The highest BCUT2D eigenvalue weighted by Gasteiger charge is 2.12. The number of rotatable bonds is 3. The summed E-state index contributed by atoms with van der Waals surface area (Å²) in [5.41, 5.74) is 4.30. The summed E-state index contributed by atoms with van der Waals surface area (Å²) in [4.78, 5) is 9.08. The van der Waals surface area contributed by atoms with E-state index in [1.807, 2.05) is 30.5 Å². The molecule has 0 saturated carbocycles. The molecule has 6 heteroatoms. The van der Waals surface area contributed by atoms with Crippen LogP contribution in [0.25, 0.3) is 27.7 Å². The quantitative estimate of drug-likeness (QED) is 0.507. The maximum absolute atomic E-state index is 4.56. The van der Waals surface area contributed by atoms with E-state index in [0.29, 0.717) is 0 Å². The smallest absolute Gasteiger partial charge is 0.231 e. The highest BCUT2D eigenvalue weighted by atomic mass is 32.2. The predicted octanol–water partition coefficient (Wildman–Crippen LogP) is 4.05. The number of pyridine rings is 1. The second-order valence-electron chi connectivity index (χ2n) is 5.55. The summed E-state index contributed by atoms with van der Waals surface area (Å²) in [6.07, 6.45) is 1.84. The number of benzene rings is 2. The topological polar surface area (TPSA) is 58.9 Å². The van der Waals surface area contributed by atoms with Crippen LogP contribution in [0.2, 0.25) is 0 Å². The minimum Gasteiger partial charge on any atom is -0.256 e. The molecule has 5 rings (SSSR count). The van der Waals surface area contributed by atoms with Gasteiger partial charge in [-0.1, -0.05) is 48.2 Å². The van der Waals surface area contributed by atoms with E-state index < -0.39 is 0 Å². The van der Waals surface area contributed by atoms with E-state index in [1.54, 1.807) is 11.8 Å². The van der Waals surface area contributed by atoms with Gasteiger partial charge in [-0.25, -0.2) is 10.1 Å². The molecule has 5 aromatic rings. The average Bonchev–Trinajstić information content (AvgIpc) is 3.19. The maximum Gasteiger partial charge on any atom is 0.231 e. The van der Waals surface area contributed by atoms with Gasteiger partial charge >= 0.3 is 0 Å². The average molecular weight is 331 g/mol. The number of aromatic amines is 1. The van der Waals surface area contributed by atoms with Crippen molar-refractivity contribution >= 4 is 39.5 Å². The summed E-state index contributed by atoms with van der Waals surface area (Å²) >= 11 is 1.68. The normalized spacial score (nSPS) is 11.7. The fraction of sp³-hybridized carbons (Fsp3) is 0.0556. The molecule has 5 nitrogen and oxygen atoms in total. The Balaban J connectivity index is 1.55. The molecule has 3 heterocycles. The number of nitrogens with zero attached hydrogens (tertiary/aromatic N) is 4. The lowest BCUT2D eigenvalue weighted by Crippen LogP contribution is -1.89. The number of H-pyrrole nitrogens is 1. The second kappa shape index (κ2) is 5.35. The van der Waals surface area contributed by atoms with Gasteiger partial charge in [-0.3, -0.25) is 9.38 Å². The van der Waals surface area contributed by atoms with Crippen LogP contribution in [0.5, 0.6) is 0 Å². The van der Waals surface area contributed by atoms with Gasteiger partial charge in [0.1, 0.15) is 0 Å². The lowest BCUT2D eigenvalue weighted by Gasteiger charge is -2.04. The van der Waals surface area contributed by atoms with Crippen LogP contribution >= 0.6 is 11.8 Å². The number of hydrogen-bond donors (Lipinski definition) is 1. The number of thioether (sulfide) groups is 1. The van der Waals surface area contributed by atoms with E-state index in [1.165, 1.54) is 5.56 Å². The van der Waals surface area contributed by atoms with Crippen LogP contribution in [0.3, 0.4) is 0 Å². The third-order valence-corrected chi connectivity index (χ3v) is 5.06. The fourth-order valence-corrected chi connectivity index (χ4v) is 3.91. The Hall–Kier alpha value is -2.86. The van der Waals surface area contributed by atoms with Gasteiger partial charge in [0.25, 0.3) is 0 Å². The molecule has 2 aromatic carbocycles. The number of para-hydroxylation sites is 3. The first-order valence-corrected chi connectivity index (χ1v) is 8.66. The molecule has 0 spiro atoms. The molecule has 0 amide bonds. The molecule has 0 aliphatic carbocycles. The molecular formula is C18H13N5S. The standard InChI is InChI=1S/C18H13N5S/c1-2-9-15-14(8-1)20-17-21-22-18(23(15)17)24-11-13-6-3-5-12-7-4-10-19-16(12)13/h1-10H,11H2,(H,20,21). The van der Waals surface area contributed by atoms with Crippen molar-refractivity contribution in [3.63, 3.8) is 0 Å². The molecule has 1 N–H and O–H groups in total. The minimum absolute atomic E-state index is 0.773. The van der Waals surface area contributed by atoms with Crippen LogP contribution in [0.1, 0.15) is 5.56 Å². The zero-order chi connectivity index (χ0) is 15.9. The number of aromatic nitrogens is 5. The Bertz CT molecular complexity index is 1170.